The molecule has 1 aromatic carbocycles. The van der Waals surface area contributed by atoms with Gasteiger partial charge in [-0.1, -0.05) is 30.3 Å². The summed E-state index contributed by atoms with van der Waals surface area (Å²) in [5, 5.41) is 3.15. The van der Waals surface area contributed by atoms with Gasteiger partial charge in [-0.15, -0.1) is 12.4 Å². The number of nitrogens with zero attached hydrogens (tertiary/aromatic N) is 1. The van der Waals surface area contributed by atoms with Crippen molar-refractivity contribution < 1.29 is 17.9 Å². The molecule has 1 amide bonds. The van der Waals surface area contributed by atoms with Crippen LogP contribution in [0.25, 0.3) is 0 Å². The molecule has 8 heteroatoms. The number of sulfone groups is 1. The summed E-state index contributed by atoms with van der Waals surface area (Å²) in [5.41, 5.74) is 1.14. The van der Waals surface area contributed by atoms with Crippen molar-refractivity contribution >= 4 is 28.2 Å². The monoisotopic (exact) mass is 416 g/mol. The standard InChI is InChI=1S/C19H28N2O4S.ClH/c1-26(23,24)19(9-11-20-12-10-19)18(22)21-13-7-17(8-14-21)25-15-16-5-3-2-4-6-16;/h2-6,17,20H,7-15H2,1H3;1H. The Morgan fingerprint density at radius 3 is 2.33 bits per heavy atom. The van der Waals surface area contributed by atoms with Crippen LogP contribution in [-0.2, 0) is 26.0 Å². The molecule has 0 saturated carbocycles. The van der Waals surface area contributed by atoms with Gasteiger partial charge >= 0.3 is 0 Å². The maximum absolute atomic E-state index is 13.1. The van der Waals surface area contributed by atoms with Crippen LogP contribution in [0.4, 0.5) is 0 Å². The van der Waals surface area contributed by atoms with Gasteiger partial charge in [0.2, 0.25) is 5.91 Å². The fourth-order valence-electron chi connectivity index (χ4n) is 3.88. The molecule has 6 nitrogen and oxygen atoms in total. The van der Waals surface area contributed by atoms with Crippen LogP contribution in [0, 0.1) is 0 Å². The van der Waals surface area contributed by atoms with E-state index in [-0.39, 0.29) is 24.4 Å². The first kappa shape index (κ1) is 22.1. The van der Waals surface area contributed by atoms with E-state index in [1.165, 1.54) is 6.26 Å². The fourth-order valence-corrected chi connectivity index (χ4v) is 5.27. The third-order valence-corrected chi connectivity index (χ3v) is 7.57. The van der Waals surface area contributed by atoms with Gasteiger partial charge in [-0.05, 0) is 44.3 Å². The Hall–Kier alpha value is -1.15. The average molecular weight is 417 g/mol. The molecule has 0 bridgehead atoms. The Kier molecular flexibility index (Phi) is 7.68. The molecule has 2 aliphatic rings. The van der Waals surface area contributed by atoms with E-state index >= 15 is 0 Å². The number of nitrogens with one attached hydrogen (secondary N) is 1. The van der Waals surface area contributed by atoms with Gasteiger partial charge in [0, 0.05) is 19.3 Å². The minimum atomic E-state index is -3.46. The number of halogens is 1. The Labute approximate surface area is 168 Å². The Morgan fingerprint density at radius 2 is 1.78 bits per heavy atom. The first-order valence-corrected chi connectivity index (χ1v) is 11.2. The summed E-state index contributed by atoms with van der Waals surface area (Å²) in [6.45, 7) is 2.81. The number of carbonyl (C=O) groups excluding carboxylic acids is 1. The molecule has 0 unspecified atom stereocenters. The molecule has 2 saturated heterocycles. The van der Waals surface area contributed by atoms with E-state index < -0.39 is 14.6 Å². The van der Waals surface area contributed by atoms with Crippen molar-refractivity contribution in [2.24, 2.45) is 0 Å². The zero-order valence-electron chi connectivity index (χ0n) is 15.7. The van der Waals surface area contributed by atoms with E-state index in [9.17, 15) is 13.2 Å². The molecule has 2 aliphatic heterocycles. The van der Waals surface area contributed by atoms with Gasteiger partial charge in [0.05, 0.1) is 12.7 Å². The van der Waals surface area contributed by atoms with Crippen molar-refractivity contribution in [3.63, 3.8) is 0 Å². The molecule has 0 aliphatic carbocycles. The lowest BCUT2D eigenvalue weighted by Crippen LogP contribution is -2.59. The average Bonchev–Trinajstić information content (AvgIpc) is 2.67. The summed E-state index contributed by atoms with van der Waals surface area (Å²) in [5.74, 6) is -0.219. The van der Waals surface area contributed by atoms with Crippen molar-refractivity contribution in [3.05, 3.63) is 35.9 Å². The van der Waals surface area contributed by atoms with E-state index in [4.69, 9.17) is 4.74 Å². The normalized spacial score (nSPS) is 20.7. The Bertz CT molecular complexity index is 712. The molecule has 0 radical (unpaired) electrons. The van der Waals surface area contributed by atoms with Crippen LogP contribution in [0.3, 0.4) is 0 Å². The molecule has 0 aromatic heterocycles. The second kappa shape index (κ2) is 9.37. The van der Waals surface area contributed by atoms with Gasteiger partial charge in [-0.3, -0.25) is 4.79 Å². The number of carbonyl (C=O) groups is 1. The SMILES string of the molecule is CS(=O)(=O)C1(C(=O)N2CCC(OCc3ccccc3)CC2)CCNCC1.Cl. The van der Waals surface area contributed by atoms with Crippen LogP contribution in [0.15, 0.2) is 30.3 Å². The first-order chi connectivity index (χ1) is 12.4. The Morgan fingerprint density at radius 1 is 1.19 bits per heavy atom. The van der Waals surface area contributed by atoms with Crippen molar-refractivity contribution in [3.8, 4) is 0 Å². The number of piperidine rings is 2. The molecule has 3 rings (SSSR count). The number of hydrogen-bond donors (Lipinski definition) is 1. The van der Waals surface area contributed by atoms with Gasteiger partial charge in [-0.25, -0.2) is 8.42 Å². The third kappa shape index (κ3) is 5.02. The van der Waals surface area contributed by atoms with Crippen molar-refractivity contribution in [1.29, 1.82) is 0 Å². The number of likely N-dealkylation sites (tertiary alicyclic amines) is 1. The lowest BCUT2D eigenvalue weighted by molar-refractivity contribution is -0.137. The first-order valence-electron chi connectivity index (χ1n) is 9.28. The van der Waals surface area contributed by atoms with Crippen LogP contribution in [0.5, 0.6) is 0 Å². The highest BCUT2D eigenvalue weighted by molar-refractivity contribution is 7.92. The van der Waals surface area contributed by atoms with Gasteiger partial charge in [0.25, 0.3) is 0 Å². The Balaban J connectivity index is 0.00000261. The molecule has 152 valence electrons. The number of benzene rings is 1. The summed E-state index contributed by atoms with van der Waals surface area (Å²) >= 11 is 0. The molecule has 27 heavy (non-hydrogen) atoms. The number of hydrogen-bond acceptors (Lipinski definition) is 5. The highest BCUT2D eigenvalue weighted by Crippen LogP contribution is 2.31. The van der Waals surface area contributed by atoms with E-state index in [1.807, 2.05) is 30.3 Å². The highest BCUT2D eigenvalue weighted by Gasteiger charge is 2.50. The van der Waals surface area contributed by atoms with Gasteiger partial charge in [0.1, 0.15) is 0 Å². The van der Waals surface area contributed by atoms with Gasteiger partial charge < -0.3 is 15.0 Å². The van der Waals surface area contributed by atoms with Crippen molar-refractivity contribution in [2.45, 2.75) is 43.1 Å². The van der Waals surface area contributed by atoms with Crippen LogP contribution in [0.2, 0.25) is 0 Å². The number of ether oxygens (including phenoxy) is 1. The molecule has 2 heterocycles. The summed E-state index contributed by atoms with van der Waals surface area (Å²) in [7, 11) is -3.46. The number of rotatable bonds is 5. The largest absolute Gasteiger partial charge is 0.373 e. The smallest absolute Gasteiger partial charge is 0.244 e. The fraction of sp³-hybridized carbons (Fsp3) is 0.632. The molecule has 2 fully saturated rings. The highest BCUT2D eigenvalue weighted by atomic mass is 35.5. The van der Waals surface area contributed by atoms with Crippen LogP contribution < -0.4 is 5.32 Å². The zero-order chi connectivity index (χ0) is 18.6. The predicted molar refractivity (Wildman–Crippen MR) is 108 cm³/mol. The minimum absolute atomic E-state index is 0. The second-order valence-corrected chi connectivity index (χ2v) is 9.63. The molecule has 1 aromatic rings. The van der Waals surface area contributed by atoms with Gasteiger partial charge in [-0.2, -0.15) is 0 Å². The molecule has 0 atom stereocenters. The molecule has 0 spiro atoms. The molecular formula is C19H29ClN2O4S. The lowest BCUT2D eigenvalue weighted by atomic mass is 9.94. The molecular weight excluding hydrogens is 388 g/mol. The quantitative estimate of drug-likeness (QED) is 0.791. The lowest BCUT2D eigenvalue weighted by Gasteiger charge is -2.41. The van der Waals surface area contributed by atoms with Crippen LogP contribution in [0.1, 0.15) is 31.2 Å². The predicted octanol–water partition coefficient (Wildman–Crippen LogP) is 1.78. The van der Waals surface area contributed by atoms with Gasteiger partial charge in [0.15, 0.2) is 14.6 Å². The maximum atomic E-state index is 13.1. The zero-order valence-corrected chi connectivity index (χ0v) is 17.4. The third-order valence-electron chi connectivity index (χ3n) is 5.57. The maximum Gasteiger partial charge on any atom is 0.244 e. The molecule has 1 N–H and O–H groups in total. The van der Waals surface area contributed by atoms with E-state index in [1.54, 1.807) is 4.90 Å². The van der Waals surface area contributed by atoms with E-state index in [0.29, 0.717) is 45.6 Å². The van der Waals surface area contributed by atoms with Crippen molar-refractivity contribution in [2.75, 3.05) is 32.4 Å². The summed E-state index contributed by atoms with van der Waals surface area (Å²) in [6, 6.07) is 10.0. The summed E-state index contributed by atoms with van der Waals surface area (Å²) in [4.78, 5) is 14.8. The summed E-state index contributed by atoms with van der Waals surface area (Å²) < 4.78 is 29.5. The van der Waals surface area contributed by atoms with E-state index in [2.05, 4.69) is 5.32 Å². The summed E-state index contributed by atoms with van der Waals surface area (Å²) in [6.07, 6.45) is 3.52. The minimum Gasteiger partial charge on any atom is -0.373 e. The topological polar surface area (TPSA) is 75.7 Å². The van der Waals surface area contributed by atoms with Crippen LogP contribution in [-0.4, -0.2) is 62.5 Å². The van der Waals surface area contributed by atoms with Crippen LogP contribution >= 0.6 is 12.4 Å². The van der Waals surface area contributed by atoms with Crippen molar-refractivity contribution in [1.82, 2.24) is 10.2 Å². The van der Waals surface area contributed by atoms with E-state index in [0.717, 1.165) is 18.4 Å². The second-order valence-electron chi connectivity index (χ2n) is 7.30. The number of amides is 1.